The quantitative estimate of drug-likeness (QED) is 0.839. The molecule has 9 heteroatoms. The van der Waals surface area contributed by atoms with Gasteiger partial charge in [-0.15, -0.1) is 0 Å². The topological polar surface area (TPSA) is 68.2 Å². The number of rotatable bonds is 5. The lowest BCUT2D eigenvalue weighted by Crippen LogP contribution is -2.28. The molecule has 0 radical (unpaired) electrons. The average molecular weight is 313 g/mol. The molecule has 106 valence electrons. The van der Waals surface area contributed by atoms with Crippen molar-refractivity contribution in [2.45, 2.75) is 36.7 Å². The minimum Gasteiger partial charge on any atom is -0.348 e. The fraction of sp³-hybridized carbons (Fsp3) is 0.500. The second-order valence-corrected chi connectivity index (χ2v) is 6.86. The lowest BCUT2D eigenvalue weighted by molar-refractivity contribution is 0.0928. The highest BCUT2D eigenvalue weighted by atomic mass is 35.7. The average Bonchev–Trinajstić information content (AvgIpc) is 2.94. The van der Waals surface area contributed by atoms with Crippen molar-refractivity contribution in [2.24, 2.45) is 0 Å². The van der Waals surface area contributed by atoms with Gasteiger partial charge in [0.05, 0.1) is 6.54 Å². The molecule has 1 fully saturated rings. The number of halogens is 3. The van der Waals surface area contributed by atoms with Gasteiger partial charge in [-0.25, -0.2) is 17.2 Å². The van der Waals surface area contributed by atoms with E-state index in [1.165, 1.54) is 0 Å². The molecule has 2 rings (SSSR count). The Kier molecular flexibility index (Phi) is 3.82. The van der Waals surface area contributed by atoms with Crippen LogP contribution in [-0.4, -0.2) is 31.4 Å². The summed E-state index contributed by atoms with van der Waals surface area (Å²) in [6.07, 6.45) is -0.0917. The van der Waals surface area contributed by atoms with Crippen LogP contribution in [0.1, 0.15) is 23.3 Å². The van der Waals surface area contributed by atoms with Gasteiger partial charge in [0.25, 0.3) is 21.4 Å². The fourth-order valence-electron chi connectivity index (χ4n) is 1.59. The minimum absolute atomic E-state index is 0.0402. The number of hydrogen-bond acceptors (Lipinski definition) is 3. The predicted octanol–water partition coefficient (Wildman–Crippen LogP) is 1.57. The molecule has 1 heterocycles. The first kappa shape index (κ1) is 14.3. The molecule has 0 bridgehead atoms. The number of alkyl halides is 2. The molecule has 0 spiro atoms. The summed E-state index contributed by atoms with van der Waals surface area (Å²) in [5.74, 6) is -0.574. The van der Waals surface area contributed by atoms with E-state index in [4.69, 9.17) is 10.7 Å². The smallest absolute Gasteiger partial charge is 0.268 e. The number of amides is 1. The predicted molar refractivity (Wildman–Crippen MR) is 64.0 cm³/mol. The van der Waals surface area contributed by atoms with E-state index in [2.05, 4.69) is 5.32 Å². The number of aromatic nitrogens is 1. The van der Waals surface area contributed by atoms with Gasteiger partial charge in [-0.1, -0.05) is 0 Å². The molecule has 1 N–H and O–H groups in total. The largest absolute Gasteiger partial charge is 0.348 e. The molecule has 0 saturated heterocycles. The standard InChI is InChI=1S/C10H11ClF2N2O3S/c11-19(17,18)7-3-8(10(16)14-6-1-2-6)15(4-7)5-9(12)13/h3-4,6,9H,1-2,5H2,(H,14,16). The van der Waals surface area contributed by atoms with Crippen molar-refractivity contribution in [1.29, 1.82) is 0 Å². The summed E-state index contributed by atoms with van der Waals surface area (Å²) in [6, 6.07) is 1.04. The van der Waals surface area contributed by atoms with Crippen molar-refractivity contribution in [2.75, 3.05) is 0 Å². The Bertz CT molecular complexity index is 596. The van der Waals surface area contributed by atoms with Gasteiger partial charge in [-0.05, 0) is 18.9 Å². The van der Waals surface area contributed by atoms with Crippen LogP contribution < -0.4 is 5.32 Å². The number of hydrogen-bond donors (Lipinski definition) is 1. The second-order valence-electron chi connectivity index (χ2n) is 4.29. The van der Waals surface area contributed by atoms with E-state index in [0.717, 1.165) is 29.7 Å². The van der Waals surface area contributed by atoms with Gasteiger partial charge in [0.2, 0.25) is 0 Å². The fourth-order valence-corrected chi connectivity index (χ4v) is 2.35. The van der Waals surface area contributed by atoms with Crippen molar-refractivity contribution in [3.8, 4) is 0 Å². The highest BCUT2D eigenvalue weighted by Crippen LogP contribution is 2.22. The molecule has 1 aromatic heterocycles. The number of carbonyl (C=O) groups excluding carboxylic acids is 1. The van der Waals surface area contributed by atoms with E-state index in [1.54, 1.807) is 0 Å². The summed E-state index contributed by atoms with van der Waals surface area (Å²) in [6.45, 7) is -0.764. The maximum atomic E-state index is 12.4. The molecule has 1 aliphatic carbocycles. The molecule has 1 saturated carbocycles. The summed E-state index contributed by atoms with van der Waals surface area (Å²) in [7, 11) is 1.08. The van der Waals surface area contributed by atoms with Crippen molar-refractivity contribution in [3.05, 3.63) is 18.0 Å². The molecule has 19 heavy (non-hydrogen) atoms. The van der Waals surface area contributed by atoms with Crippen LogP contribution >= 0.6 is 10.7 Å². The van der Waals surface area contributed by atoms with E-state index < -0.39 is 27.9 Å². The van der Waals surface area contributed by atoms with Crippen LogP contribution in [0.15, 0.2) is 17.2 Å². The van der Waals surface area contributed by atoms with Gasteiger partial charge in [-0.3, -0.25) is 4.79 Å². The van der Waals surface area contributed by atoms with E-state index in [9.17, 15) is 22.0 Å². The Labute approximate surface area is 113 Å². The molecular formula is C10H11ClF2N2O3S. The van der Waals surface area contributed by atoms with E-state index >= 15 is 0 Å². The van der Waals surface area contributed by atoms with Crippen LogP contribution in [0.5, 0.6) is 0 Å². The normalized spacial score (nSPS) is 15.8. The SMILES string of the molecule is O=C(NC1CC1)c1cc(S(=O)(=O)Cl)cn1CC(F)F. The van der Waals surface area contributed by atoms with Gasteiger partial charge in [-0.2, -0.15) is 0 Å². The molecule has 0 unspecified atom stereocenters. The Morgan fingerprint density at radius 1 is 1.53 bits per heavy atom. The summed E-state index contributed by atoms with van der Waals surface area (Å²) in [5.41, 5.74) is -0.133. The first-order valence-corrected chi connectivity index (χ1v) is 7.82. The van der Waals surface area contributed by atoms with Crippen LogP contribution in [0.2, 0.25) is 0 Å². The zero-order chi connectivity index (χ0) is 14.2. The first-order chi connectivity index (χ1) is 8.77. The monoisotopic (exact) mass is 312 g/mol. The van der Waals surface area contributed by atoms with Crippen LogP contribution in [0.25, 0.3) is 0 Å². The molecule has 1 aromatic rings. The van der Waals surface area contributed by atoms with Gasteiger partial charge in [0.15, 0.2) is 0 Å². The van der Waals surface area contributed by atoms with E-state index in [-0.39, 0.29) is 16.6 Å². The number of nitrogens with zero attached hydrogens (tertiary/aromatic N) is 1. The highest BCUT2D eigenvalue weighted by molar-refractivity contribution is 8.13. The van der Waals surface area contributed by atoms with Crippen LogP contribution in [-0.2, 0) is 15.6 Å². The molecule has 1 aliphatic rings. The zero-order valence-corrected chi connectivity index (χ0v) is 11.2. The highest BCUT2D eigenvalue weighted by Gasteiger charge is 2.27. The maximum absolute atomic E-state index is 12.4. The van der Waals surface area contributed by atoms with Crippen molar-refractivity contribution in [3.63, 3.8) is 0 Å². The lowest BCUT2D eigenvalue weighted by atomic mass is 10.4. The minimum atomic E-state index is -4.06. The first-order valence-electron chi connectivity index (χ1n) is 5.51. The molecule has 5 nitrogen and oxygen atoms in total. The van der Waals surface area contributed by atoms with Crippen molar-refractivity contribution < 1.29 is 22.0 Å². The van der Waals surface area contributed by atoms with Crippen molar-refractivity contribution >= 4 is 25.6 Å². The van der Waals surface area contributed by atoms with Gasteiger partial charge >= 0.3 is 0 Å². The number of carbonyl (C=O) groups is 1. The van der Waals surface area contributed by atoms with E-state index in [0.29, 0.717) is 0 Å². The summed E-state index contributed by atoms with van der Waals surface area (Å²) >= 11 is 0. The summed E-state index contributed by atoms with van der Waals surface area (Å²) in [5, 5.41) is 2.61. The van der Waals surface area contributed by atoms with Gasteiger partial charge < -0.3 is 9.88 Å². The van der Waals surface area contributed by atoms with Gasteiger partial charge in [0.1, 0.15) is 10.6 Å². The Hall–Kier alpha value is -1.15. The third-order valence-electron chi connectivity index (χ3n) is 2.63. The molecule has 0 atom stereocenters. The van der Waals surface area contributed by atoms with Crippen LogP contribution in [0, 0.1) is 0 Å². The summed E-state index contributed by atoms with van der Waals surface area (Å²) < 4.78 is 48.1. The van der Waals surface area contributed by atoms with Gasteiger partial charge in [0, 0.05) is 22.9 Å². The molecule has 0 aromatic carbocycles. The van der Waals surface area contributed by atoms with E-state index in [1.807, 2.05) is 0 Å². The molecular weight excluding hydrogens is 302 g/mol. The third kappa shape index (κ3) is 3.66. The maximum Gasteiger partial charge on any atom is 0.268 e. The number of nitrogens with one attached hydrogen (secondary N) is 1. The van der Waals surface area contributed by atoms with Crippen LogP contribution in [0.4, 0.5) is 8.78 Å². The Morgan fingerprint density at radius 2 is 2.16 bits per heavy atom. The van der Waals surface area contributed by atoms with Crippen molar-refractivity contribution in [1.82, 2.24) is 9.88 Å². The zero-order valence-electron chi connectivity index (χ0n) is 9.64. The lowest BCUT2D eigenvalue weighted by Gasteiger charge is -2.08. The third-order valence-corrected chi connectivity index (χ3v) is 3.95. The Balaban J connectivity index is 2.32. The Morgan fingerprint density at radius 3 is 2.63 bits per heavy atom. The summed E-state index contributed by atoms with van der Waals surface area (Å²) in [4.78, 5) is 11.5. The van der Waals surface area contributed by atoms with Crippen LogP contribution in [0.3, 0.4) is 0 Å². The second kappa shape index (κ2) is 5.09. The molecule has 0 aliphatic heterocycles. The molecule has 1 amide bonds.